The maximum absolute atomic E-state index is 14.0. The van der Waals surface area contributed by atoms with Crippen molar-refractivity contribution >= 4 is 29.1 Å². The molecule has 0 saturated carbocycles. The van der Waals surface area contributed by atoms with E-state index in [1.807, 2.05) is 30.3 Å². The highest BCUT2D eigenvalue weighted by Gasteiger charge is 2.23. The molecule has 0 saturated heterocycles. The summed E-state index contributed by atoms with van der Waals surface area (Å²) in [6.07, 6.45) is 1.61. The molecule has 0 fully saturated rings. The van der Waals surface area contributed by atoms with Crippen molar-refractivity contribution in [2.45, 2.75) is 18.9 Å². The van der Waals surface area contributed by atoms with Crippen LogP contribution in [0.15, 0.2) is 60.8 Å². The number of nitrogens with zero attached hydrogens (tertiary/aromatic N) is 1. The summed E-state index contributed by atoms with van der Waals surface area (Å²) in [5, 5.41) is 5.69. The smallest absolute Gasteiger partial charge is 0.263 e. The van der Waals surface area contributed by atoms with E-state index in [2.05, 4.69) is 15.6 Å². The summed E-state index contributed by atoms with van der Waals surface area (Å²) in [5.41, 5.74) is 6.26. The molecule has 1 atom stereocenters. The summed E-state index contributed by atoms with van der Waals surface area (Å²) in [4.78, 5) is 40.7. The minimum Gasteiger partial charge on any atom is -0.370 e. The van der Waals surface area contributed by atoms with Gasteiger partial charge in [-0.2, -0.15) is 0 Å². The second kappa shape index (κ2) is 10.4. The first kappa shape index (κ1) is 22.1. The molecule has 7 nitrogen and oxygen atoms in total. The summed E-state index contributed by atoms with van der Waals surface area (Å²) in [6.45, 7) is 0.0767. The van der Waals surface area contributed by atoms with Crippen molar-refractivity contribution in [1.29, 1.82) is 0 Å². The van der Waals surface area contributed by atoms with Crippen LogP contribution in [0.4, 0.5) is 4.39 Å². The molecule has 0 aliphatic carbocycles. The SMILES string of the molecule is NC(=O)CCNC(=O)[C@H](Cc1ccccc1)NC(=O)c1cnc(-c2ccccc2F)s1. The number of hydrogen-bond acceptors (Lipinski definition) is 5. The Morgan fingerprint density at radius 1 is 1.06 bits per heavy atom. The van der Waals surface area contributed by atoms with Crippen molar-refractivity contribution in [3.8, 4) is 10.6 Å². The fourth-order valence-electron chi connectivity index (χ4n) is 2.86. The predicted octanol–water partition coefficient (Wildman–Crippen LogP) is 2.28. The number of carbonyl (C=O) groups is 3. The Balaban J connectivity index is 1.73. The Bertz CT molecular complexity index is 1070. The lowest BCUT2D eigenvalue weighted by molar-refractivity contribution is -0.123. The average Bonchev–Trinajstić information content (AvgIpc) is 3.24. The topological polar surface area (TPSA) is 114 Å². The lowest BCUT2D eigenvalue weighted by Gasteiger charge is -2.18. The van der Waals surface area contributed by atoms with E-state index in [9.17, 15) is 18.8 Å². The minimum atomic E-state index is -0.873. The number of amides is 3. The number of hydrogen-bond donors (Lipinski definition) is 3. The molecule has 3 rings (SSSR count). The summed E-state index contributed by atoms with van der Waals surface area (Å²) in [6, 6.07) is 14.5. The lowest BCUT2D eigenvalue weighted by Crippen LogP contribution is -2.48. The van der Waals surface area contributed by atoms with Gasteiger partial charge in [0.25, 0.3) is 5.91 Å². The normalized spacial score (nSPS) is 11.5. The molecule has 0 bridgehead atoms. The van der Waals surface area contributed by atoms with Crippen molar-refractivity contribution in [3.63, 3.8) is 0 Å². The highest BCUT2D eigenvalue weighted by atomic mass is 32.1. The van der Waals surface area contributed by atoms with Crippen molar-refractivity contribution in [2.75, 3.05) is 6.54 Å². The van der Waals surface area contributed by atoms with Gasteiger partial charge < -0.3 is 16.4 Å². The Morgan fingerprint density at radius 3 is 2.48 bits per heavy atom. The second-order valence-electron chi connectivity index (χ2n) is 6.73. The van der Waals surface area contributed by atoms with E-state index < -0.39 is 29.6 Å². The fraction of sp³-hybridized carbons (Fsp3) is 0.182. The molecule has 0 aliphatic rings. The summed E-state index contributed by atoms with van der Waals surface area (Å²) >= 11 is 1.03. The van der Waals surface area contributed by atoms with Crippen LogP contribution in [-0.4, -0.2) is 35.3 Å². The molecule has 0 aliphatic heterocycles. The second-order valence-corrected chi connectivity index (χ2v) is 7.76. The van der Waals surface area contributed by atoms with Gasteiger partial charge in [0.05, 0.1) is 6.20 Å². The van der Waals surface area contributed by atoms with Gasteiger partial charge in [-0.15, -0.1) is 11.3 Å². The molecule has 1 heterocycles. The third-order valence-electron chi connectivity index (χ3n) is 4.41. The van der Waals surface area contributed by atoms with E-state index in [1.165, 1.54) is 12.3 Å². The average molecular weight is 441 g/mol. The first-order chi connectivity index (χ1) is 14.9. The van der Waals surface area contributed by atoms with Crippen molar-refractivity contribution < 1.29 is 18.8 Å². The number of aromatic nitrogens is 1. The molecule has 0 radical (unpaired) electrons. The molecule has 2 aromatic carbocycles. The molecular weight excluding hydrogens is 419 g/mol. The van der Waals surface area contributed by atoms with Gasteiger partial charge in [0, 0.05) is 24.9 Å². The van der Waals surface area contributed by atoms with Crippen molar-refractivity contribution in [1.82, 2.24) is 15.6 Å². The molecule has 3 aromatic rings. The summed E-state index contributed by atoms with van der Waals surface area (Å²) < 4.78 is 14.0. The van der Waals surface area contributed by atoms with Crippen LogP contribution in [0.1, 0.15) is 21.7 Å². The van der Waals surface area contributed by atoms with Crippen LogP contribution in [-0.2, 0) is 16.0 Å². The number of nitrogens with two attached hydrogens (primary N) is 1. The summed E-state index contributed by atoms with van der Waals surface area (Å²) in [5.74, 6) is -1.89. The van der Waals surface area contributed by atoms with Crippen molar-refractivity contribution in [2.24, 2.45) is 5.73 Å². The maximum Gasteiger partial charge on any atom is 0.263 e. The van der Waals surface area contributed by atoms with Crippen LogP contribution in [0.3, 0.4) is 0 Å². The van der Waals surface area contributed by atoms with Crippen LogP contribution in [0.25, 0.3) is 10.6 Å². The molecule has 9 heteroatoms. The van der Waals surface area contributed by atoms with Gasteiger partial charge >= 0.3 is 0 Å². The third-order valence-corrected chi connectivity index (χ3v) is 5.44. The Hall–Kier alpha value is -3.59. The van der Waals surface area contributed by atoms with Crippen LogP contribution in [0, 0.1) is 5.82 Å². The van der Waals surface area contributed by atoms with E-state index in [0.29, 0.717) is 10.6 Å². The van der Waals surface area contributed by atoms with Gasteiger partial charge in [-0.1, -0.05) is 42.5 Å². The molecule has 0 spiro atoms. The van der Waals surface area contributed by atoms with Crippen LogP contribution >= 0.6 is 11.3 Å². The molecule has 160 valence electrons. The van der Waals surface area contributed by atoms with E-state index in [1.54, 1.807) is 18.2 Å². The molecular formula is C22H21FN4O3S. The zero-order chi connectivity index (χ0) is 22.2. The fourth-order valence-corrected chi connectivity index (χ4v) is 3.71. The largest absolute Gasteiger partial charge is 0.370 e. The van der Waals surface area contributed by atoms with Crippen LogP contribution in [0.5, 0.6) is 0 Å². The Morgan fingerprint density at radius 2 is 1.77 bits per heavy atom. The van der Waals surface area contributed by atoms with Gasteiger partial charge in [-0.25, -0.2) is 9.37 Å². The molecule has 3 amide bonds. The van der Waals surface area contributed by atoms with Gasteiger partial charge in [-0.05, 0) is 17.7 Å². The number of halogens is 1. The number of primary amides is 1. The van der Waals surface area contributed by atoms with Crippen LogP contribution < -0.4 is 16.4 Å². The Labute approximate surface area is 182 Å². The van der Waals surface area contributed by atoms with Crippen molar-refractivity contribution in [3.05, 3.63) is 77.1 Å². The highest BCUT2D eigenvalue weighted by Crippen LogP contribution is 2.27. The standard InChI is InChI=1S/C22H21FN4O3S/c23-16-9-5-4-8-15(16)22-26-13-18(31-22)21(30)27-17(12-14-6-2-1-3-7-14)20(29)25-11-10-19(24)28/h1-9,13,17H,10-12H2,(H2,24,28)(H,25,29)(H,27,30)/t17-/m0/s1. The van der Waals surface area contributed by atoms with E-state index in [4.69, 9.17) is 5.73 Å². The van der Waals surface area contributed by atoms with E-state index in [0.717, 1.165) is 16.9 Å². The van der Waals surface area contributed by atoms with E-state index >= 15 is 0 Å². The number of thiazole rings is 1. The zero-order valence-corrected chi connectivity index (χ0v) is 17.3. The molecule has 31 heavy (non-hydrogen) atoms. The van der Waals surface area contributed by atoms with Gasteiger partial charge in [0.2, 0.25) is 11.8 Å². The molecule has 0 unspecified atom stereocenters. The molecule has 1 aromatic heterocycles. The quantitative estimate of drug-likeness (QED) is 0.474. The lowest BCUT2D eigenvalue weighted by atomic mass is 10.1. The molecule has 4 N–H and O–H groups in total. The van der Waals surface area contributed by atoms with Gasteiger partial charge in [0.1, 0.15) is 21.7 Å². The number of carbonyl (C=O) groups excluding carboxylic acids is 3. The number of rotatable bonds is 9. The number of nitrogens with one attached hydrogen (secondary N) is 2. The van der Waals surface area contributed by atoms with E-state index in [-0.39, 0.29) is 24.3 Å². The predicted molar refractivity (Wildman–Crippen MR) is 116 cm³/mol. The third kappa shape index (κ3) is 6.19. The first-order valence-corrected chi connectivity index (χ1v) is 10.4. The monoisotopic (exact) mass is 440 g/mol. The maximum atomic E-state index is 14.0. The zero-order valence-electron chi connectivity index (χ0n) is 16.5. The number of benzene rings is 2. The first-order valence-electron chi connectivity index (χ1n) is 9.55. The Kier molecular flexibility index (Phi) is 7.45. The van der Waals surface area contributed by atoms with Gasteiger partial charge in [0.15, 0.2) is 0 Å². The minimum absolute atomic E-state index is 0.00140. The summed E-state index contributed by atoms with van der Waals surface area (Å²) in [7, 11) is 0. The van der Waals surface area contributed by atoms with Gasteiger partial charge in [-0.3, -0.25) is 14.4 Å². The highest BCUT2D eigenvalue weighted by molar-refractivity contribution is 7.16. The van der Waals surface area contributed by atoms with Crippen LogP contribution in [0.2, 0.25) is 0 Å².